The van der Waals surface area contributed by atoms with Gasteiger partial charge in [0.1, 0.15) is 0 Å². The second-order valence-electron chi connectivity index (χ2n) is 6.77. The van der Waals surface area contributed by atoms with Crippen LogP contribution in [0.25, 0.3) is 0 Å². The Morgan fingerprint density at radius 1 is 1.22 bits per heavy atom. The largest absolute Gasteiger partial charge is 0.382 e. The summed E-state index contributed by atoms with van der Waals surface area (Å²) in [7, 11) is 1.86. The van der Waals surface area contributed by atoms with E-state index in [4.69, 9.17) is 4.74 Å². The summed E-state index contributed by atoms with van der Waals surface area (Å²) in [6.07, 6.45) is 10.3. The highest BCUT2D eigenvalue weighted by molar-refractivity contribution is 14.0. The molecule has 0 aromatic rings. The lowest BCUT2D eigenvalue weighted by molar-refractivity contribution is 0.128. The molecule has 0 aromatic heterocycles. The van der Waals surface area contributed by atoms with Crippen molar-refractivity contribution in [2.45, 2.75) is 78.2 Å². The molecule has 4 nitrogen and oxygen atoms in total. The van der Waals surface area contributed by atoms with E-state index in [0.717, 1.165) is 32.1 Å². The third kappa shape index (κ3) is 10.4. The fourth-order valence-corrected chi connectivity index (χ4v) is 2.77. The summed E-state index contributed by atoms with van der Waals surface area (Å²) in [6, 6.07) is 0.488. The molecule has 0 spiro atoms. The van der Waals surface area contributed by atoms with E-state index in [1.807, 2.05) is 7.05 Å². The van der Waals surface area contributed by atoms with Gasteiger partial charge in [0.05, 0.1) is 0 Å². The first-order chi connectivity index (χ1) is 10.7. The molecule has 0 bridgehead atoms. The summed E-state index contributed by atoms with van der Waals surface area (Å²) in [4.78, 5) is 4.36. The Labute approximate surface area is 160 Å². The molecule has 1 aliphatic rings. The summed E-state index contributed by atoms with van der Waals surface area (Å²) in [5, 5.41) is 7.03. The fraction of sp³-hybridized carbons (Fsp3) is 0.944. The Morgan fingerprint density at radius 2 is 1.96 bits per heavy atom. The van der Waals surface area contributed by atoms with Gasteiger partial charge in [0.2, 0.25) is 0 Å². The second-order valence-corrected chi connectivity index (χ2v) is 6.77. The first kappa shape index (κ1) is 23.0. The van der Waals surface area contributed by atoms with Crippen LogP contribution in [0.5, 0.6) is 0 Å². The molecule has 0 aromatic carbocycles. The highest BCUT2D eigenvalue weighted by Crippen LogP contribution is 2.48. The normalized spacial score (nSPS) is 17.3. The molecule has 0 aliphatic heterocycles. The van der Waals surface area contributed by atoms with Crippen molar-refractivity contribution in [2.24, 2.45) is 10.4 Å². The molecule has 5 heteroatoms. The number of unbranched alkanes of at least 4 members (excludes halogenated alkanes) is 3. The Morgan fingerprint density at radius 3 is 2.52 bits per heavy atom. The molecular weight excluding hydrogens is 401 g/mol. The zero-order valence-electron chi connectivity index (χ0n) is 15.6. The monoisotopic (exact) mass is 439 g/mol. The number of hydrogen-bond donors (Lipinski definition) is 2. The maximum absolute atomic E-state index is 5.50. The molecule has 1 atom stereocenters. The predicted octanol–water partition coefficient (Wildman–Crippen LogP) is 4.34. The number of guanidine groups is 1. The Hall–Kier alpha value is -0.0400. The van der Waals surface area contributed by atoms with Crippen LogP contribution in [0.3, 0.4) is 0 Å². The van der Waals surface area contributed by atoms with Crippen molar-refractivity contribution in [1.82, 2.24) is 10.6 Å². The van der Waals surface area contributed by atoms with Crippen LogP contribution in [0.4, 0.5) is 0 Å². The van der Waals surface area contributed by atoms with Crippen molar-refractivity contribution in [3.8, 4) is 0 Å². The van der Waals surface area contributed by atoms with E-state index in [9.17, 15) is 0 Å². The zero-order valence-corrected chi connectivity index (χ0v) is 17.9. The average molecular weight is 439 g/mol. The van der Waals surface area contributed by atoms with E-state index in [1.54, 1.807) is 0 Å². The Balaban J connectivity index is 0.00000484. The topological polar surface area (TPSA) is 45.7 Å². The maximum atomic E-state index is 5.50. The molecule has 0 heterocycles. The lowest BCUT2D eigenvalue weighted by Crippen LogP contribution is -2.44. The number of nitrogens with zero attached hydrogens (tertiary/aromatic N) is 1. The van der Waals surface area contributed by atoms with Crippen LogP contribution in [0.2, 0.25) is 0 Å². The first-order valence-corrected chi connectivity index (χ1v) is 9.20. The first-order valence-electron chi connectivity index (χ1n) is 9.20. The van der Waals surface area contributed by atoms with Crippen LogP contribution in [-0.2, 0) is 4.74 Å². The van der Waals surface area contributed by atoms with Crippen LogP contribution in [0, 0.1) is 5.41 Å². The molecule has 1 aliphatic carbocycles. The SMILES string of the molecule is CCCCCCC(C)NC(=NC)NCC1(CCOCC)CC1.I. The minimum atomic E-state index is 0. The van der Waals surface area contributed by atoms with Gasteiger partial charge in [0.15, 0.2) is 5.96 Å². The van der Waals surface area contributed by atoms with Gasteiger partial charge in [-0.1, -0.05) is 32.6 Å². The minimum Gasteiger partial charge on any atom is -0.382 e. The van der Waals surface area contributed by atoms with Crippen molar-refractivity contribution in [3.05, 3.63) is 0 Å². The number of halogens is 1. The maximum Gasteiger partial charge on any atom is 0.191 e. The summed E-state index contributed by atoms with van der Waals surface area (Å²) in [5.74, 6) is 0.950. The lowest BCUT2D eigenvalue weighted by atomic mass is 10.0. The van der Waals surface area contributed by atoms with E-state index in [0.29, 0.717) is 11.5 Å². The third-order valence-electron chi connectivity index (χ3n) is 4.67. The fourth-order valence-electron chi connectivity index (χ4n) is 2.77. The van der Waals surface area contributed by atoms with Crippen LogP contribution in [0.1, 0.15) is 72.1 Å². The molecule has 1 rings (SSSR count). The number of ether oxygens (including phenoxy) is 1. The number of aliphatic imine (C=N–C) groups is 1. The summed E-state index contributed by atoms with van der Waals surface area (Å²) in [5.41, 5.74) is 0.456. The summed E-state index contributed by atoms with van der Waals surface area (Å²) in [6.45, 7) is 9.29. The standard InChI is InChI=1S/C18H37N3O.HI/c1-5-7-8-9-10-16(3)21-17(19-4)20-15-18(11-12-18)13-14-22-6-2;/h16H,5-15H2,1-4H3,(H2,19,20,21);1H. The zero-order chi connectivity index (χ0) is 16.3. The van der Waals surface area contributed by atoms with Crippen molar-refractivity contribution in [1.29, 1.82) is 0 Å². The van der Waals surface area contributed by atoms with Crippen molar-refractivity contribution in [2.75, 3.05) is 26.8 Å². The Bertz CT molecular complexity index is 319. The number of rotatable bonds is 12. The van der Waals surface area contributed by atoms with Gasteiger partial charge in [0, 0.05) is 32.8 Å². The summed E-state index contributed by atoms with van der Waals surface area (Å²) >= 11 is 0. The van der Waals surface area contributed by atoms with Crippen LogP contribution in [-0.4, -0.2) is 38.8 Å². The number of hydrogen-bond acceptors (Lipinski definition) is 2. The molecular formula is C18H38IN3O. The van der Waals surface area contributed by atoms with Gasteiger partial charge < -0.3 is 15.4 Å². The van der Waals surface area contributed by atoms with Gasteiger partial charge in [-0.25, -0.2) is 0 Å². The predicted molar refractivity (Wildman–Crippen MR) is 111 cm³/mol. The van der Waals surface area contributed by atoms with Gasteiger partial charge >= 0.3 is 0 Å². The quantitative estimate of drug-likeness (QED) is 0.206. The molecule has 0 saturated heterocycles. The van der Waals surface area contributed by atoms with Crippen molar-refractivity contribution >= 4 is 29.9 Å². The third-order valence-corrected chi connectivity index (χ3v) is 4.67. The average Bonchev–Trinajstić information content (AvgIpc) is 3.28. The highest BCUT2D eigenvalue weighted by Gasteiger charge is 2.41. The van der Waals surface area contributed by atoms with Gasteiger partial charge in [0.25, 0.3) is 0 Å². The van der Waals surface area contributed by atoms with E-state index >= 15 is 0 Å². The highest BCUT2D eigenvalue weighted by atomic mass is 127. The molecule has 138 valence electrons. The molecule has 0 radical (unpaired) electrons. The van der Waals surface area contributed by atoms with Crippen molar-refractivity contribution < 1.29 is 4.74 Å². The van der Waals surface area contributed by atoms with E-state index in [-0.39, 0.29) is 24.0 Å². The number of nitrogens with one attached hydrogen (secondary N) is 2. The molecule has 23 heavy (non-hydrogen) atoms. The molecule has 2 N–H and O–H groups in total. The molecule has 0 amide bonds. The van der Waals surface area contributed by atoms with Gasteiger partial charge in [-0.05, 0) is 44.9 Å². The van der Waals surface area contributed by atoms with Crippen LogP contribution < -0.4 is 10.6 Å². The lowest BCUT2D eigenvalue weighted by Gasteiger charge is -2.21. The van der Waals surface area contributed by atoms with Crippen LogP contribution >= 0.6 is 24.0 Å². The van der Waals surface area contributed by atoms with Crippen molar-refractivity contribution in [3.63, 3.8) is 0 Å². The second kappa shape index (κ2) is 13.3. The van der Waals surface area contributed by atoms with Gasteiger partial charge in [-0.3, -0.25) is 4.99 Å². The van der Waals surface area contributed by atoms with Crippen LogP contribution in [0.15, 0.2) is 4.99 Å². The van der Waals surface area contributed by atoms with E-state index < -0.39 is 0 Å². The molecule has 1 saturated carbocycles. The smallest absolute Gasteiger partial charge is 0.191 e. The molecule has 1 unspecified atom stereocenters. The minimum absolute atomic E-state index is 0. The Kier molecular flexibility index (Phi) is 13.3. The van der Waals surface area contributed by atoms with E-state index in [2.05, 4.69) is 36.4 Å². The van der Waals surface area contributed by atoms with E-state index in [1.165, 1.54) is 44.9 Å². The summed E-state index contributed by atoms with van der Waals surface area (Å²) < 4.78 is 5.50. The molecule has 1 fully saturated rings. The van der Waals surface area contributed by atoms with Gasteiger partial charge in [-0.15, -0.1) is 24.0 Å². The van der Waals surface area contributed by atoms with Gasteiger partial charge in [-0.2, -0.15) is 0 Å².